The van der Waals surface area contributed by atoms with Crippen LogP contribution in [0.1, 0.15) is 24.8 Å². The smallest absolute Gasteiger partial charge is 0.222 e. The number of benzene rings is 1. The highest BCUT2D eigenvalue weighted by atomic mass is 16.2. The molecule has 0 radical (unpaired) electrons. The van der Waals surface area contributed by atoms with Gasteiger partial charge in [0.1, 0.15) is 0 Å². The number of carbonyl (C=O) groups excluding carboxylic acids is 1. The average Bonchev–Trinajstić information content (AvgIpc) is 3.18. The van der Waals surface area contributed by atoms with Gasteiger partial charge < -0.3 is 9.47 Å². The molecule has 1 aromatic heterocycles. The number of amides is 1. The third kappa shape index (κ3) is 3.77. The van der Waals surface area contributed by atoms with Gasteiger partial charge in [0, 0.05) is 69.8 Å². The Bertz CT molecular complexity index is 772. The van der Waals surface area contributed by atoms with Crippen molar-refractivity contribution in [1.82, 2.24) is 24.3 Å². The van der Waals surface area contributed by atoms with Crippen molar-refractivity contribution in [3.8, 4) is 5.69 Å². The van der Waals surface area contributed by atoms with E-state index in [2.05, 4.69) is 46.1 Å². The summed E-state index contributed by atoms with van der Waals surface area (Å²) in [6.45, 7) is 4.99. The van der Waals surface area contributed by atoms with Gasteiger partial charge >= 0.3 is 0 Å². The minimum Gasteiger partial charge on any atom is -0.346 e. The molecule has 0 saturated carbocycles. The second-order valence-corrected chi connectivity index (χ2v) is 8.06. The summed E-state index contributed by atoms with van der Waals surface area (Å²) < 4.78 is 2.02. The maximum atomic E-state index is 12.1. The summed E-state index contributed by atoms with van der Waals surface area (Å²) in [6, 6.07) is 8.74. The SMILES string of the molecule is CN1CC[C@]2(CCC1=O)CN(Cc1ccc(-n3ccnc3)cc1)CCN2C. The van der Waals surface area contributed by atoms with Crippen LogP contribution in [0.4, 0.5) is 0 Å². The molecule has 2 saturated heterocycles. The normalized spacial score (nSPS) is 25.1. The number of likely N-dealkylation sites (N-methyl/N-ethyl adjacent to an activating group) is 1. The standard InChI is InChI=1S/C21H29N5O/c1-23-11-9-21(8-7-20(23)27)16-25(14-13-24(21)2)15-18-3-5-19(6-4-18)26-12-10-22-17-26/h3-6,10,12,17H,7-9,11,13-16H2,1-2H3/t21-/m1/s1. The Labute approximate surface area is 161 Å². The van der Waals surface area contributed by atoms with Crippen molar-refractivity contribution in [2.24, 2.45) is 0 Å². The number of hydrogen-bond acceptors (Lipinski definition) is 4. The summed E-state index contributed by atoms with van der Waals surface area (Å²) >= 11 is 0. The van der Waals surface area contributed by atoms with Crippen molar-refractivity contribution in [2.75, 3.05) is 40.3 Å². The fourth-order valence-electron chi connectivity index (χ4n) is 4.42. The first-order valence-electron chi connectivity index (χ1n) is 9.81. The third-order valence-corrected chi connectivity index (χ3v) is 6.37. The van der Waals surface area contributed by atoms with Crippen LogP contribution in [-0.2, 0) is 11.3 Å². The number of hydrogen-bond donors (Lipinski definition) is 0. The zero-order chi connectivity index (χ0) is 18.9. The van der Waals surface area contributed by atoms with E-state index in [0.29, 0.717) is 6.42 Å². The Balaban J connectivity index is 1.44. The van der Waals surface area contributed by atoms with Gasteiger partial charge in [-0.1, -0.05) is 12.1 Å². The van der Waals surface area contributed by atoms with E-state index in [1.54, 1.807) is 6.20 Å². The van der Waals surface area contributed by atoms with Crippen molar-refractivity contribution in [3.63, 3.8) is 0 Å². The second kappa shape index (κ2) is 7.44. The molecule has 0 aliphatic carbocycles. The first-order chi connectivity index (χ1) is 13.1. The molecule has 1 atom stereocenters. The van der Waals surface area contributed by atoms with Crippen LogP contribution in [0.25, 0.3) is 5.69 Å². The third-order valence-electron chi connectivity index (χ3n) is 6.37. The van der Waals surface area contributed by atoms with E-state index >= 15 is 0 Å². The molecule has 144 valence electrons. The van der Waals surface area contributed by atoms with Crippen molar-refractivity contribution in [3.05, 3.63) is 48.5 Å². The largest absolute Gasteiger partial charge is 0.346 e. The molecule has 0 unspecified atom stereocenters. The van der Waals surface area contributed by atoms with Crippen LogP contribution in [0.15, 0.2) is 43.0 Å². The number of nitrogens with zero attached hydrogens (tertiary/aromatic N) is 5. The Kier molecular flexibility index (Phi) is 5.02. The van der Waals surface area contributed by atoms with E-state index in [1.165, 1.54) is 5.56 Å². The van der Waals surface area contributed by atoms with Gasteiger partial charge in [-0.15, -0.1) is 0 Å². The van der Waals surface area contributed by atoms with E-state index in [0.717, 1.165) is 51.3 Å². The molecule has 0 bridgehead atoms. The fourth-order valence-corrected chi connectivity index (χ4v) is 4.42. The monoisotopic (exact) mass is 367 g/mol. The fraction of sp³-hybridized carbons (Fsp3) is 0.524. The molecule has 1 spiro atoms. The number of piperazine rings is 1. The van der Waals surface area contributed by atoms with E-state index in [4.69, 9.17) is 0 Å². The van der Waals surface area contributed by atoms with Gasteiger partial charge in [-0.3, -0.25) is 14.6 Å². The molecule has 6 nitrogen and oxygen atoms in total. The molecule has 2 aliphatic heterocycles. The first-order valence-corrected chi connectivity index (χ1v) is 9.81. The molecule has 2 aliphatic rings. The topological polar surface area (TPSA) is 44.6 Å². The lowest BCUT2D eigenvalue weighted by molar-refractivity contribution is -0.129. The molecular formula is C21H29N5O. The lowest BCUT2D eigenvalue weighted by Gasteiger charge is -2.49. The zero-order valence-corrected chi connectivity index (χ0v) is 16.3. The molecule has 0 N–H and O–H groups in total. The maximum Gasteiger partial charge on any atom is 0.222 e. The molecular weight excluding hydrogens is 338 g/mol. The summed E-state index contributed by atoms with van der Waals surface area (Å²) in [5, 5.41) is 0. The van der Waals surface area contributed by atoms with Crippen molar-refractivity contribution in [2.45, 2.75) is 31.3 Å². The molecule has 1 amide bonds. The van der Waals surface area contributed by atoms with E-state index < -0.39 is 0 Å². The number of rotatable bonds is 3. The summed E-state index contributed by atoms with van der Waals surface area (Å²) in [5.41, 5.74) is 2.59. The molecule has 27 heavy (non-hydrogen) atoms. The van der Waals surface area contributed by atoms with Gasteiger partial charge in [0.2, 0.25) is 5.91 Å². The highest BCUT2D eigenvalue weighted by Crippen LogP contribution is 2.32. The lowest BCUT2D eigenvalue weighted by atomic mass is 9.86. The van der Waals surface area contributed by atoms with Crippen LogP contribution < -0.4 is 0 Å². The lowest BCUT2D eigenvalue weighted by Crippen LogP contribution is -2.60. The van der Waals surface area contributed by atoms with Crippen molar-refractivity contribution < 1.29 is 4.79 Å². The van der Waals surface area contributed by atoms with E-state index in [1.807, 2.05) is 29.0 Å². The summed E-state index contributed by atoms with van der Waals surface area (Å²) in [5.74, 6) is 0.285. The zero-order valence-electron chi connectivity index (χ0n) is 16.3. The van der Waals surface area contributed by atoms with Crippen molar-refractivity contribution in [1.29, 1.82) is 0 Å². The number of aromatic nitrogens is 2. The van der Waals surface area contributed by atoms with Gasteiger partial charge in [-0.2, -0.15) is 0 Å². The van der Waals surface area contributed by atoms with Crippen LogP contribution in [0.5, 0.6) is 0 Å². The van der Waals surface area contributed by atoms with Gasteiger partial charge in [0.05, 0.1) is 6.33 Å². The summed E-state index contributed by atoms with van der Waals surface area (Å²) in [7, 11) is 4.16. The molecule has 4 rings (SSSR count). The predicted octanol–water partition coefficient (Wildman–Crippen LogP) is 2.00. The highest BCUT2D eigenvalue weighted by Gasteiger charge is 2.41. The van der Waals surface area contributed by atoms with E-state index in [9.17, 15) is 4.79 Å². The number of carbonyl (C=O) groups is 1. The number of imidazole rings is 1. The summed E-state index contributed by atoms with van der Waals surface area (Å²) in [4.78, 5) is 23.2. The molecule has 2 aromatic rings. The van der Waals surface area contributed by atoms with Gasteiger partial charge in [0.25, 0.3) is 0 Å². The Morgan fingerprint density at radius 1 is 1.07 bits per heavy atom. The van der Waals surface area contributed by atoms with Gasteiger partial charge in [0.15, 0.2) is 0 Å². The van der Waals surface area contributed by atoms with Crippen LogP contribution in [0.3, 0.4) is 0 Å². The highest BCUT2D eigenvalue weighted by molar-refractivity contribution is 5.76. The van der Waals surface area contributed by atoms with Gasteiger partial charge in [-0.25, -0.2) is 4.98 Å². The minimum atomic E-state index is 0.120. The maximum absolute atomic E-state index is 12.1. The predicted molar refractivity (Wildman–Crippen MR) is 106 cm³/mol. The average molecular weight is 367 g/mol. The summed E-state index contributed by atoms with van der Waals surface area (Å²) in [6.07, 6.45) is 8.26. The Hall–Kier alpha value is -2.18. The molecule has 6 heteroatoms. The van der Waals surface area contributed by atoms with Crippen LogP contribution in [0.2, 0.25) is 0 Å². The molecule has 1 aromatic carbocycles. The van der Waals surface area contributed by atoms with Crippen LogP contribution >= 0.6 is 0 Å². The van der Waals surface area contributed by atoms with Crippen molar-refractivity contribution >= 4 is 5.91 Å². The quantitative estimate of drug-likeness (QED) is 0.832. The Morgan fingerprint density at radius 3 is 2.63 bits per heavy atom. The second-order valence-electron chi connectivity index (χ2n) is 8.06. The minimum absolute atomic E-state index is 0.120. The first kappa shape index (κ1) is 18.2. The molecule has 2 fully saturated rings. The number of likely N-dealkylation sites (tertiary alicyclic amines) is 1. The van der Waals surface area contributed by atoms with Gasteiger partial charge in [-0.05, 0) is 37.6 Å². The van der Waals surface area contributed by atoms with E-state index in [-0.39, 0.29) is 11.4 Å². The molecule has 3 heterocycles. The Morgan fingerprint density at radius 2 is 1.89 bits per heavy atom. The van der Waals surface area contributed by atoms with Crippen LogP contribution in [0, 0.1) is 0 Å². The van der Waals surface area contributed by atoms with Crippen LogP contribution in [-0.4, -0.2) is 76.0 Å².